The standard InChI is InChI=1S/C29H35F3O/c1-7-33-22(5)18-27(30)23(6)21(4)12-8-19(2)11-15-25-16-17-26(29(32)28(25)31)24-13-9-20(3)10-14-24/h8,12,16-18,20,24H,2,4-7,9-11,13-15H2,1,3H3/b12-8-,27-18+. The molecule has 0 aliphatic heterocycles. The second-order valence-corrected chi connectivity index (χ2v) is 8.79. The van der Waals surface area contributed by atoms with E-state index in [1.165, 1.54) is 0 Å². The number of allylic oxidation sites excluding steroid dienone is 7. The molecule has 0 N–H and O–H groups in total. The van der Waals surface area contributed by atoms with Gasteiger partial charge in [-0.05, 0) is 61.1 Å². The zero-order valence-corrected chi connectivity index (χ0v) is 19.9. The Kier molecular flexibility index (Phi) is 10.0. The number of aryl methyl sites for hydroxylation is 1. The summed E-state index contributed by atoms with van der Waals surface area (Å²) in [5, 5.41) is 0. The highest BCUT2D eigenvalue weighted by Gasteiger charge is 2.24. The lowest BCUT2D eigenvalue weighted by Gasteiger charge is -2.27. The van der Waals surface area contributed by atoms with Gasteiger partial charge >= 0.3 is 0 Å². The molecule has 0 radical (unpaired) electrons. The van der Waals surface area contributed by atoms with Gasteiger partial charge in [0, 0.05) is 11.6 Å². The molecule has 1 aliphatic rings. The van der Waals surface area contributed by atoms with Crippen molar-refractivity contribution in [2.75, 3.05) is 6.61 Å². The summed E-state index contributed by atoms with van der Waals surface area (Å²) in [5.74, 6) is -1.10. The molecule has 0 heterocycles. The number of hydrogen-bond donors (Lipinski definition) is 0. The molecule has 1 nitrogen and oxygen atoms in total. The molecule has 1 aliphatic carbocycles. The first-order valence-corrected chi connectivity index (χ1v) is 11.5. The van der Waals surface area contributed by atoms with Gasteiger partial charge in [0.25, 0.3) is 0 Å². The van der Waals surface area contributed by atoms with Gasteiger partial charge < -0.3 is 4.74 Å². The molecule has 178 valence electrons. The fraction of sp³-hybridized carbons (Fsp3) is 0.379. The smallest absolute Gasteiger partial charge is 0.162 e. The van der Waals surface area contributed by atoms with Gasteiger partial charge in [0.05, 0.1) is 6.61 Å². The van der Waals surface area contributed by atoms with E-state index in [-0.39, 0.29) is 17.3 Å². The van der Waals surface area contributed by atoms with Gasteiger partial charge in [0.2, 0.25) is 0 Å². The molecule has 1 aromatic rings. The Hall–Kier alpha value is -2.75. The SMILES string of the molecule is C=C(/C=C\C(=C)C(=C)/C(F)=C\C(=C)OCC)CCc1ccc(C2CCC(C)CC2)c(F)c1F. The molecule has 0 amide bonds. The molecule has 1 fully saturated rings. The summed E-state index contributed by atoms with van der Waals surface area (Å²) in [6.07, 6.45) is 9.13. The van der Waals surface area contributed by atoms with E-state index < -0.39 is 17.5 Å². The van der Waals surface area contributed by atoms with Crippen LogP contribution in [0.4, 0.5) is 13.2 Å². The predicted molar refractivity (Wildman–Crippen MR) is 132 cm³/mol. The molecule has 0 saturated heterocycles. The van der Waals surface area contributed by atoms with E-state index in [9.17, 15) is 13.2 Å². The average molecular weight is 457 g/mol. The van der Waals surface area contributed by atoms with Gasteiger partial charge in [-0.25, -0.2) is 13.2 Å². The van der Waals surface area contributed by atoms with Crippen molar-refractivity contribution >= 4 is 0 Å². The van der Waals surface area contributed by atoms with Crippen LogP contribution in [0.1, 0.15) is 63.0 Å². The molecule has 0 atom stereocenters. The van der Waals surface area contributed by atoms with E-state index in [4.69, 9.17) is 4.74 Å². The van der Waals surface area contributed by atoms with Crippen molar-refractivity contribution in [3.63, 3.8) is 0 Å². The molecule has 0 unspecified atom stereocenters. The van der Waals surface area contributed by atoms with Crippen molar-refractivity contribution in [2.45, 2.75) is 58.3 Å². The first-order chi connectivity index (χ1) is 15.6. The Balaban J connectivity index is 1.94. The van der Waals surface area contributed by atoms with Crippen molar-refractivity contribution in [3.05, 3.63) is 108 Å². The van der Waals surface area contributed by atoms with E-state index in [1.807, 2.05) is 0 Å². The molecule has 0 bridgehead atoms. The van der Waals surface area contributed by atoms with E-state index in [2.05, 4.69) is 33.2 Å². The first-order valence-electron chi connectivity index (χ1n) is 11.5. The highest BCUT2D eigenvalue weighted by atomic mass is 19.2. The van der Waals surface area contributed by atoms with Crippen LogP contribution in [-0.4, -0.2) is 6.61 Å². The Bertz CT molecular complexity index is 959. The van der Waals surface area contributed by atoms with Crippen molar-refractivity contribution in [1.29, 1.82) is 0 Å². The molecular weight excluding hydrogens is 421 g/mol. The molecule has 1 aromatic carbocycles. The first kappa shape index (κ1) is 26.5. The second kappa shape index (κ2) is 12.5. The fourth-order valence-corrected chi connectivity index (χ4v) is 3.99. The molecule has 0 aromatic heterocycles. The third kappa shape index (κ3) is 7.66. The summed E-state index contributed by atoms with van der Waals surface area (Å²) in [6, 6.07) is 3.43. The van der Waals surface area contributed by atoms with E-state index in [0.29, 0.717) is 47.6 Å². The minimum Gasteiger partial charge on any atom is -0.494 e. The summed E-state index contributed by atoms with van der Waals surface area (Å²) in [5.41, 5.74) is 2.01. The largest absolute Gasteiger partial charge is 0.494 e. The minimum absolute atomic E-state index is 0.0990. The van der Waals surface area contributed by atoms with Crippen molar-refractivity contribution < 1.29 is 17.9 Å². The molecule has 1 saturated carbocycles. The number of halogens is 3. The zero-order chi connectivity index (χ0) is 24.5. The Morgan fingerprint density at radius 3 is 2.33 bits per heavy atom. The van der Waals surface area contributed by atoms with Crippen LogP contribution in [0.15, 0.2) is 85.0 Å². The van der Waals surface area contributed by atoms with Crippen LogP contribution >= 0.6 is 0 Å². The lowest BCUT2D eigenvalue weighted by atomic mass is 9.79. The van der Waals surface area contributed by atoms with Crippen molar-refractivity contribution in [1.82, 2.24) is 0 Å². The summed E-state index contributed by atoms with van der Waals surface area (Å²) in [6.45, 7) is 19.4. The molecule has 33 heavy (non-hydrogen) atoms. The maximum atomic E-state index is 14.7. The Morgan fingerprint density at radius 1 is 1.03 bits per heavy atom. The van der Waals surface area contributed by atoms with Gasteiger partial charge in [-0.2, -0.15) is 0 Å². The summed E-state index contributed by atoms with van der Waals surface area (Å²) in [4.78, 5) is 0. The van der Waals surface area contributed by atoms with E-state index >= 15 is 0 Å². The van der Waals surface area contributed by atoms with Crippen LogP contribution in [0.2, 0.25) is 0 Å². The summed E-state index contributed by atoms with van der Waals surface area (Å²) < 4.78 is 48.8. The normalized spacial score (nSPS) is 18.9. The molecule has 4 heteroatoms. The van der Waals surface area contributed by atoms with Crippen LogP contribution in [-0.2, 0) is 11.2 Å². The van der Waals surface area contributed by atoms with E-state index in [0.717, 1.165) is 31.8 Å². The van der Waals surface area contributed by atoms with Crippen LogP contribution in [0.5, 0.6) is 0 Å². The monoisotopic (exact) mass is 456 g/mol. The number of benzene rings is 1. The van der Waals surface area contributed by atoms with E-state index in [1.54, 1.807) is 31.2 Å². The maximum Gasteiger partial charge on any atom is 0.162 e. The minimum atomic E-state index is -0.762. The number of rotatable bonds is 11. The lowest BCUT2D eigenvalue weighted by Crippen LogP contribution is -2.13. The Morgan fingerprint density at radius 2 is 1.70 bits per heavy atom. The van der Waals surface area contributed by atoms with Crippen LogP contribution in [0.3, 0.4) is 0 Å². The zero-order valence-electron chi connectivity index (χ0n) is 19.9. The quantitative estimate of drug-likeness (QED) is 0.239. The van der Waals surface area contributed by atoms with Crippen LogP contribution < -0.4 is 0 Å². The molecule has 0 spiro atoms. The van der Waals surface area contributed by atoms with Gasteiger partial charge in [0.15, 0.2) is 11.6 Å². The highest BCUT2D eigenvalue weighted by Crippen LogP contribution is 2.37. The van der Waals surface area contributed by atoms with Crippen molar-refractivity contribution in [3.8, 4) is 0 Å². The van der Waals surface area contributed by atoms with Crippen LogP contribution in [0.25, 0.3) is 0 Å². The second-order valence-electron chi connectivity index (χ2n) is 8.79. The molecular formula is C29H35F3O. The van der Waals surface area contributed by atoms with Gasteiger partial charge in [0.1, 0.15) is 11.6 Å². The van der Waals surface area contributed by atoms with Gasteiger partial charge in [-0.3, -0.25) is 0 Å². The maximum absolute atomic E-state index is 14.7. The fourth-order valence-electron chi connectivity index (χ4n) is 3.99. The topological polar surface area (TPSA) is 9.23 Å². The lowest BCUT2D eigenvalue weighted by molar-refractivity contribution is 0.243. The predicted octanol–water partition coefficient (Wildman–Crippen LogP) is 8.82. The number of hydrogen-bond acceptors (Lipinski definition) is 1. The van der Waals surface area contributed by atoms with Gasteiger partial charge in [-0.15, -0.1) is 0 Å². The number of ether oxygens (including phenoxy) is 1. The van der Waals surface area contributed by atoms with Crippen molar-refractivity contribution in [2.24, 2.45) is 5.92 Å². The molecule has 2 rings (SSSR count). The average Bonchev–Trinajstić information content (AvgIpc) is 2.78. The van der Waals surface area contributed by atoms with Crippen LogP contribution in [0, 0.1) is 17.6 Å². The summed E-state index contributed by atoms with van der Waals surface area (Å²) >= 11 is 0. The third-order valence-electron chi connectivity index (χ3n) is 6.18. The summed E-state index contributed by atoms with van der Waals surface area (Å²) in [7, 11) is 0. The van der Waals surface area contributed by atoms with Gasteiger partial charge in [-0.1, -0.05) is 75.9 Å². The Labute approximate surface area is 196 Å². The third-order valence-corrected chi connectivity index (χ3v) is 6.18. The highest BCUT2D eigenvalue weighted by molar-refractivity contribution is 5.48.